The van der Waals surface area contributed by atoms with Crippen LogP contribution in [0.4, 0.5) is 5.69 Å². The Bertz CT molecular complexity index is 283. The van der Waals surface area contributed by atoms with Crippen LogP contribution in [-0.2, 0) is 0 Å². The second-order valence-corrected chi connectivity index (χ2v) is 3.72. The number of rotatable bonds is 4. The maximum atomic E-state index is 9.55. The van der Waals surface area contributed by atoms with Gasteiger partial charge in [0.05, 0.1) is 6.10 Å². The van der Waals surface area contributed by atoms with Gasteiger partial charge in [-0.05, 0) is 26.3 Å². The fourth-order valence-electron chi connectivity index (χ4n) is 1.36. The molecule has 0 bridgehead atoms. The van der Waals surface area contributed by atoms with Gasteiger partial charge in [-0.25, -0.2) is 0 Å². The van der Waals surface area contributed by atoms with E-state index in [1.54, 1.807) is 6.92 Å². The summed E-state index contributed by atoms with van der Waals surface area (Å²) >= 11 is 0. The molecule has 0 radical (unpaired) electrons. The van der Waals surface area contributed by atoms with Crippen molar-refractivity contribution in [2.75, 3.05) is 5.32 Å². The molecule has 0 saturated carbocycles. The summed E-state index contributed by atoms with van der Waals surface area (Å²) in [5, 5.41) is 12.9. The standard InChI is InChI=1S/C12H19NO/c1-4-9(2)13-12-8-6-5-7-11(12)10(3)14/h5-10,13-14H,4H2,1-3H3. The van der Waals surface area contributed by atoms with Crippen molar-refractivity contribution in [2.24, 2.45) is 0 Å². The van der Waals surface area contributed by atoms with E-state index in [1.165, 1.54) is 0 Å². The maximum Gasteiger partial charge on any atom is 0.0781 e. The first-order chi connectivity index (χ1) is 6.65. The molecule has 0 fully saturated rings. The van der Waals surface area contributed by atoms with Crippen LogP contribution >= 0.6 is 0 Å². The van der Waals surface area contributed by atoms with Gasteiger partial charge in [0.1, 0.15) is 0 Å². The normalized spacial score (nSPS) is 14.9. The number of nitrogens with one attached hydrogen (secondary N) is 1. The SMILES string of the molecule is CCC(C)Nc1ccccc1C(C)O. The first kappa shape index (κ1) is 11.1. The van der Waals surface area contributed by atoms with Gasteiger partial charge in [0, 0.05) is 17.3 Å². The van der Waals surface area contributed by atoms with Gasteiger partial charge in [0.15, 0.2) is 0 Å². The van der Waals surface area contributed by atoms with E-state index >= 15 is 0 Å². The molecule has 78 valence electrons. The average Bonchev–Trinajstić information content (AvgIpc) is 2.18. The van der Waals surface area contributed by atoms with Crippen LogP contribution in [-0.4, -0.2) is 11.1 Å². The third kappa shape index (κ3) is 2.74. The quantitative estimate of drug-likeness (QED) is 0.770. The van der Waals surface area contributed by atoms with Crippen LogP contribution in [0.25, 0.3) is 0 Å². The minimum atomic E-state index is -0.414. The van der Waals surface area contributed by atoms with E-state index in [-0.39, 0.29) is 0 Å². The summed E-state index contributed by atoms with van der Waals surface area (Å²) in [4.78, 5) is 0. The highest BCUT2D eigenvalue weighted by Gasteiger charge is 2.07. The summed E-state index contributed by atoms with van der Waals surface area (Å²) in [5.41, 5.74) is 2.00. The molecule has 2 N–H and O–H groups in total. The molecule has 0 amide bonds. The van der Waals surface area contributed by atoms with Crippen LogP contribution in [0.5, 0.6) is 0 Å². The van der Waals surface area contributed by atoms with Gasteiger partial charge in [0.2, 0.25) is 0 Å². The predicted molar refractivity (Wildman–Crippen MR) is 60.5 cm³/mol. The summed E-state index contributed by atoms with van der Waals surface area (Å²) in [6.07, 6.45) is 0.663. The van der Waals surface area contributed by atoms with Gasteiger partial charge >= 0.3 is 0 Å². The Kier molecular flexibility index (Phi) is 3.96. The first-order valence-corrected chi connectivity index (χ1v) is 5.18. The van der Waals surface area contributed by atoms with Gasteiger partial charge in [0.25, 0.3) is 0 Å². The highest BCUT2D eigenvalue weighted by Crippen LogP contribution is 2.22. The number of benzene rings is 1. The van der Waals surface area contributed by atoms with Gasteiger partial charge < -0.3 is 10.4 Å². The van der Waals surface area contributed by atoms with Crippen molar-refractivity contribution < 1.29 is 5.11 Å². The number of hydrogen-bond acceptors (Lipinski definition) is 2. The highest BCUT2D eigenvalue weighted by molar-refractivity contribution is 5.52. The van der Waals surface area contributed by atoms with E-state index in [1.807, 2.05) is 24.3 Å². The third-order valence-corrected chi connectivity index (χ3v) is 2.43. The van der Waals surface area contributed by atoms with Crippen LogP contribution in [0.3, 0.4) is 0 Å². The molecule has 0 aromatic heterocycles. The Hall–Kier alpha value is -1.02. The van der Waals surface area contributed by atoms with Crippen LogP contribution in [0, 0.1) is 0 Å². The minimum absolute atomic E-state index is 0.414. The second kappa shape index (κ2) is 5.01. The molecule has 2 unspecified atom stereocenters. The number of aliphatic hydroxyl groups excluding tert-OH is 1. The monoisotopic (exact) mass is 193 g/mol. The summed E-state index contributed by atoms with van der Waals surface area (Å²) < 4.78 is 0. The van der Waals surface area contributed by atoms with Crippen molar-refractivity contribution in [2.45, 2.75) is 39.3 Å². The van der Waals surface area contributed by atoms with E-state index < -0.39 is 6.10 Å². The summed E-state index contributed by atoms with van der Waals surface area (Å²) in [6, 6.07) is 8.33. The summed E-state index contributed by atoms with van der Waals surface area (Å²) in [6.45, 7) is 6.07. The Morgan fingerprint density at radius 2 is 1.93 bits per heavy atom. The number of anilines is 1. The number of hydrogen-bond donors (Lipinski definition) is 2. The maximum absolute atomic E-state index is 9.55. The molecule has 0 heterocycles. The lowest BCUT2D eigenvalue weighted by Gasteiger charge is -2.17. The summed E-state index contributed by atoms with van der Waals surface area (Å²) in [7, 11) is 0. The molecule has 2 nitrogen and oxygen atoms in total. The highest BCUT2D eigenvalue weighted by atomic mass is 16.3. The predicted octanol–water partition coefficient (Wildman–Crippen LogP) is 2.95. The third-order valence-electron chi connectivity index (χ3n) is 2.43. The average molecular weight is 193 g/mol. The lowest BCUT2D eigenvalue weighted by Crippen LogP contribution is -2.15. The molecule has 0 aliphatic rings. The smallest absolute Gasteiger partial charge is 0.0781 e. The molecule has 0 aliphatic carbocycles. The fraction of sp³-hybridized carbons (Fsp3) is 0.500. The molecule has 1 aromatic rings. The van der Waals surface area contributed by atoms with Gasteiger partial charge in [-0.2, -0.15) is 0 Å². The van der Waals surface area contributed by atoms with Crippen LogP contribution in [0.2, 0.25) is 0 Å². The van der Waals surface area contributed by atoms with Gasteiger partial charge in [-0.1, -0.05) is 25.1 Å². The lowest BCUT2D eigenvalue weighted by molar-refractivity contribution is 0.200. The molecule has 0 aliphatic heterocycles. The van der Waals surface area contributed by atoms with E-state index in [0.29, 0.717) is 6.04 Å². The van der Waals surface area contributed by atoms with Crippen molar-refractivity contribution in [1.29, 1.82) is 0 Å². The van der Waals surface area contributed by atoms with E-state index in [4.69, 9.17) is 0 Å². The molecule has 1 rings (SSSR count). The minimum Gasteiger partial charge on any atom is -0.389 e. The topological polar surface area (TPSA) is 32.3 Å². The molecule has 1 aromatic carbocycles. The molecular formula is C12H19NO. The number of aliphatic hydroxyl groups is 1. The van der Waals surface area contributed by atoms with Crippen molar-refractivity contribution in [3.8, 4) is 0 Å². The van der Waals surface area contributed by atoms with Crippen molar-refractivity contribution in [3.63, 3.8) is 0 Å². The van der Waals surface area contributed by atoms with E-state index in [0.717, 1.165) is 17.7 Å². The van der Waals surface area contributed by atoms with Crippen molar-refractivity contribution in [1.82, 2.24) is 0 Å². The fourth-order valence-corrected chi connectivity index (χ4v) is 1.36. The van der Waals surface area contributed by atoms with Crippen molar-refractivity contribution in [3.05, 3.63) is 29.8 Å². The van der Waals surface area contributed by atoms with E-state index in [9.17, 15) is 5.11 Å². The molecule has 0 spiro atoms. The largest absolute Gasteiger partial charge is 0.389 e. The molecule has 0 saturated heterocycles. The molecule has 2 atom stereocenters. The lowest BCUT2D eigenvalue weighted by atomic mass is 10.1. The van der Waals surface area contributed by atoms with Crippen LogP contribution in [0.1, 0.15) is 38.9 Å². The van der Waals surface area contributed by atoms with Gasteiger partial charge in [-0.3, -0.25) is 0 Å². The Morgan fingerprint density at radius 1 is 1.29 bits per heavy atom. The summed E-state index contributed by atoms with van der Waals surface area (Å²) in [5.74, 6) is 0. The molecule has 14 heavy (non-hydrogen) atoms. The van der Waals surface area contributed by atoms with Gasteiger partial charge in [-0.15, -0.1) is 0 Å². The number of para-hydroxylation sites is 1. The Labute approximate surface area is 86.0 Å². The van der Waals surface area contributed by atoms with E-state index in [2.05, 4.69) is 19.2 Å². The Balaban J connectivity index is 2.84. The Morgan fingerprint density at radius 3 is 2.50 bits per heavy atom. The second-order valence-electron chi connectivity index (χ2n) is 3.72. The van der Waals surface area contributed by atoms with Crippen molar-refractivity contribution >= 4 is 5.69 Å². The zero-order chi connectivity index (χ0) is 10.6. The zero-order valence-corrected chi connectivity index (χ0v) is 9.12. The zero-order valence-electron chi connectivity index (χ0n) is 9.12. The first-order valence-electron chi connectivity index (χ1n) is 5.18. The molecular weight excluding hydrogens is 174 g/mol. The molecule has 2 heteroatoms. The van der Waals surface area contributed by atoms with Crippen LogP contribution < -0.4 is 5.32 Å². The van der Waals surface area contributed by atoms with Crippen LogP contribution in [0.15, 0.2) is 24.3 Å².